The van der Waals surface area contributed by atoms with Gasteiger partial charge < -0.3 is 4.90 Å². The van der Waals surface area contributed by atoms with Crippen LogP contribution in [-0.2, 0) is 11.3 Å². The van der Waals surface area contributed by atoms with Gasteiger partial charge in [0.05, 0.1) is 0 Å². The van der Waals surface area contributed by atoms with E-state index in [4.69, 9.17) is 11.6 Å². The molecule has 1 aromatic carbocycles. The number of halogens is 6. The number of hydrogen-bond donors (Lipinski definition) is 0. The highest BCUT2D eigenvalue weighted by Crippen LogP contribution is 3.02. The maximum Gasteiger partial charge on any atom is 0.310 e. The lowest BCUT2D eigenvalue weighted by Crippen LogP contribution is -2.27. The fourth-order valence-electron chi connectivity index (χ4n) is 1.35. The van der Waals surface area contributed by atoms with E-state index in [-0.39, 0.29) is 18.0 Å². The molecule has 1 rings (SSSR count). The van der Waals surface area contributed by atoms with Gasteiger partial charge in [0.1, 0.15) is 10.8 Å². The fourth-order valence-corrected chi connectivity index (χ4v) is 2.26. The van der Waals surface area contributed by atoms with E-state index in [1.54, 1.807) is 0 Å². The van der Waals surface area contributed by atoms with Crippen LogP contribution in [-0.4, -0.2) is 23.7 Å². The molecule has 0 aromatic heterocycles. The van der Waals surface area contributed by atoms with Crippen LogP contribution in [0.4, 0.5) is 19.4 Å². The van der Waals surface area contributed by atoms with Gasteiger partial charge in [-0.2, -0.15) is 0 Å². The number of hydrogen-bond acceptors (Lipinski definition) is 1. The zero-order valence-electron chi connectivity index (χ0n) is 9.76. The van der Waals surface area contributed by atoms with Crippen LogP contribution in [0.3, 0.4) is 0 Å². The monoisotopic (exact) mass is 323 g/mol. The van der Waals surface area contributed by atoms with Gasteiger partial charge in [0.25, 0.3) is 0 Å². The van der Waals surface area contributed by atoms with Gasteiger partial charge in [-0.1, -0.05) is 31.6 Å². The van der Waals surface area contributed by atoms with Crippen LogP contribution in [0.15, 0.2) is 29.2 Å². The smallest absolute Gasteiger partial charge is 0.310 e. The number of carbonyl (C=O) groups is 1. The third-order valence-corrected chi connectivity index (χ3v) is 3.68. The second-order valence-corrected chi connectivity index (χ2v) is 6.68. The number of alkyl halides is 1. The Morgan fingerprint density at radius 1 is 1.26 bits per heavy atom. The van der Waals surface area contributed by atoms with Gasteiger partial charge in [-0.05, 0) is 17.7 Å². The molecule has 9 heteroatoms. The predicted octanol–water partition coefficient (Wildman–Crippen LogP) is 4.54. The molecule has 0 aliphatic carbocycles. The molecule has 2 nitrogen and oxygen atoms in total. The van der Waals surface area contributed by atoms with E-state index in [0.29, 0.717) is 12.1 Å². The zero-order chi connectivity index (χ0) is 15.0. The van der Waals surface area contributed by atoms with Gasteiger partial charge in [-0.25, -0.2) is 0 Å². The standard InChI is InChI=1S/C10H11ClF5NOS/c1-17(10(18)6-11)7-8-3-2-4-9(5-8)19(12,13,14,15)16/h2-5H,6-7H2,1H3. The van der Waals surface area contributed by atoms with Crippen LogP contribution < -0.4 is 0 Å². The molecule has 0 aliphatic rings. The summed E-state index contributed by atoms with van der Waals surface area (Å²) in [7, 11) is -8.37. The van der Waals surface area contributed by atoms with Crippen molar-refractivity contribution in [3.8, 4) is 0 Å². The topological polar surface area (TPSA) is 20.3 Å². The molecule has 0 bridgehead atoms. The van der Waals surface area contributed by atoms with Crippen molar-refractivity contribution in [2.24, 2.45) is 0 Å². The molecule has 0 atom stereocenters. The number of amides is 1. The van der Waals surface area contributed by atoms with E-state index in [1.807, 2.05) is 0 Å². The Kier molecular flexibility index (Phi) is 3.58. The molecular formula is C10H11ClF5NOS. The van der Waals surface area contributed by atoms with E-state index < -0.39 is 21.0 Å². The third kappa shape index (κ3) is 4.54. The molecule has 1 amide bonds. The SMILES string of the molecule is CN(Cc1cccc(S(F)(F)(F)(F)F)c1)C(=O)CCl. The second-order valence-electron chi connectivity index (χ2n) is 4.00. The lowest BCUT2D eigenvalue weighted by atomic mass is 10.2. The maximum absolute atomic E-state index is 12.6. The Morgan fingerprint density at radius 3 is 2.32 bits per heavy atom. The minimum absolute atomic E-state index is 0.0493. The molecule has 0 fully saturated rings. The van der Waals surface area contributed by atoms with E-state index >= 15 is 0 Å². The van der Waals surface area contributed by atoms with E-state index in [0.717, 1.165) is 11.0 Å². The lowest BCUT2D eigenvalue weighted by Gasteiger charge is -2.40. The first-order valence-corrected chi connectivity index (χ1v) is 7.45. The van der Waals surface area contributed by atoms with Crippen LogP contribution in [0.25, 0.3) is 0 Å². The minimum atomic E-state index is -9.69. The average molecular weight is 324 g/mol. The first-order chi connectivity index (χ1) is 8.33. The summed E-state index contributed by atoms with van der Waals surface area (Å²) >= 11 is 5.28. The van der Waals surface area contributed by atoms with Crippen LogP contribution in [0.1, 0.15) is 5.56 Å². The normalized spacial score (nSPS) is 15.5. The highest BCUT2D eigenvalue weighted by Gasteiger charge is 2.65. The van der Waals surface area contributed by atoms with Crippen molar-refractivity contribution in [1.82, 2.24) is 4.90 Å². The number of carbonyl (C=O) groups excluding carboxylic acids is 1. The summed E-state index contributed by atoms with van der Waals surface area (Å²) in [6.07, 6.45) is 0. The van der Waals surface area contributed by atoms with Crippen molar-refractivity contribution in [3.63, 3.8) is 0 Å². The Labute approximate surface area is 111 Å². The number of rotatable bonds is 4. The molecule has 19 heavy (non-hydrogen) atoms. The predicted molar refractivity (Wildman–Crippen MR) is 65.0 cm³/mol. The largest absolute Gasteiger partial charge is 0.340 e. The average Bonchev–Trinajstić information content (AvgIpc) is 2.25. The van der Waals surface area contributed by atoms with Crippen LogP contribution in [0, 0.1) is 0 Å². The zero-order valence-corrected chi connectivity index (χ0v) is 11.3. The van der Waals surface area contributed by atoms with Crippen molar-refractivity contribution in [2.45, 2.75) is 11.4 Å². The summed E-state index contributed by atoms with van der Waals surface area (Å²) in [4.78, 5) is 10.2. The van der Waals surface area contributed by atoms with E-state index in [2.05, 4.69) is 0 Å². The number of nitrogens with zero attached hydrogens (tertiary/aromatic N) is 1. The summed E-state index contributed by atoms with van der Waals surface area (Å²) in [5.41, 5.74) is -0.0493. The lowest BCUT2D eigenvalue weighted by molar-refractivity contribution is -0.127. The Bertz CT molecular complexity index is 504. The van der Waals surface area contributed by atoms with E-state index in [9.17, 15) is 24.2 Å². The van der Waals surface area contributed by atoms with Crippen molar-refractivity contribution < 1.29 is 24.2 Å². The van der Waals surface area contributed by atoms with Crippen molar-refractivity contribution >= 4 is 27.7 Å². The first-order valence-electron chi connectivity index (χ1n) is 4.96. The Morgan fingerprint density at radius 2 is 1.84 bits per heavy atom. The molecule has 0 spiro atoms. The maximum atomic E-state index is 12.6. The van der Waals surface area contributed by atoms with Crippen LogP contribution >= 0.6 is 21.8 Å². The Balaban J connectivity index is 3.07. The van der Waals surface area contributed by atoms with Crippen molar-refractivity contribution in [3.05, 3.63) is 29.8 Å². The van der Waals surface area contributed by atoms with Crippen molar-refractivity contribution in [2.75, 3.05) is 12.9 Å². The molecule has 110 valence electrons. The van der Waals surface area contributed by atoms with Gasteiger partial charge in [-0.15, -0.1) is 11.6 Å². The molecule has 0 unspecified atom stereocenters. The Hall–Kier alpha value is -1.02. The highest BCUT2D eigenvalue weighted by molar-refractivity contribution is 8.45. The summed E-state index contributed by atoms with van der Waals surface area (Å²) in [6, 6.07) is 2.76. The van der Waals surface area contributed by atoms with Gasteiger partial charge in [0.2, 0.25) is 5.91 Å². The van der Waals surface area contributed by atoms with Gasteiger partial charge in [0, 0.05) is 13.6 Å². The molecule has 0 heterocycles. The summed E-state index contributed by atoms with van der Waals surface area (Å²) in [6.45, 7) is -0.229. The molecule has 0 N–H and O–H groups in total. The molecule has 0 saturated heterocycles. The molecule has 0 radical (unpaired) electrons. The first kappa shape index (κ1) is 16.0. The molecular weight excluding hydrogens is 313 g/mol. The van der Waals surface area contributed by atoms with Gasteiger partial charge in [-0.3, -0.25) is 4.79 Å². The summed E-state index contributed by atoms with van der Waals surface area (Å²) in [5, 5.41) is 0. The summed E-state index contributed by atoms with van der Waals surface area (Å²) in [5.74, 6) is -0.850. The van der Waals surface area contributed by atoms with E-state index in [1.165, 1.54) is 13.1 Å². The summed E-state index contributed by atoms with van der Waals surface area (Å²) < 4.78 is 62.9. The fraction of sp³-hybridized carbons (Fsp3) is 0.300. The van der Waals surface area contributed by atoms with Crippen LogP contribution in [0.2, 0.25) is 0 Å². The quantitative estimate of drug-likeness (QED) is 0.588. The van der Waals surface area contributed by atoms with Crippen molar-refractivity contribution in [1.29, 1.82) is 0 Å². The highest BCUT2D eigenvalue weighted by atomic mass is 35.5. The molecule has 0 saturated carbocycles. The second kappa shape index (κ2) is 4.24. The third-order valence-electron chi connectivity index (χ3n) is 2.30. The van der Waals surface area contributed by atoms with Gasteiger partial charge in [0.15, 0.2) is 0 Å². The number of benzene rings is 1. The van der Waals surface area contributed by atoms with Gasteiger partial charge >= 0.3 is 10.2 Å². The van der Waals surface area contributed by atoms with Crippen LogP contribution in [0.5, 0.6) is 0 Å². The minimum Gasteiger partial charge on any atom is -0.340 e. The molecule has 0 aliphatic heterocycles. The molecule has 1 aromatic rings.